The molecule has 1 amide bonds. The number of piperidine rings is 1. The smallest absolute Gasteiger partial charge is 0.316 e. The Morgan fingerprint density at radius 2 is 2.13 bits per heavy atom. The van der Waals surface area contributed by atoms with Crippen LogP contribution in [0, 0.1) is 13.8 Å². The minimum absolute atomic E-state index is 0.0234. The van der Waals surface area contributed by atoms with Crippen molar-refractivity contribution in [1.29, 1.82) is 0 Å². The van der Waals surface area contributed by atoms with Crippen LogP contribution in [0.1, 0.15) is 34.7 Å². The summed E-state index contributed by atoms with van der Waals surface area (Å²) in [6.07, 6.45) is 4.60. The Balaban J connectivity index is 1.67. The summed E-state index contributed by atoms with van der Waals surface area (Å²) in [5.41, 5.74) is 0.617. The fourth-order valence-electron chi connectivity index (χ4n) is 2.74. The quantitative estimate of drug-likeness (QED) is 0.862. The van der Waals surface area contributed by atoms with Crippen molar-refractivity contribution in [3.63, 3.8) is 0 Å². The zero-order valence-electron chi connectivity index (χ0n) is 13.1. The molecule has 0 radical (unpaired) electrons. The Bertz CT molecular complexity index is 699. The van der Waals surface area contributed by atoms with E-state index in [4.69, 9.17) is 20.8 Å². The number of nitrogens with zero attached hydrogens (tertiary/aromatic N) is 3. The van der Waals surface area contributed by atoms with Gasteiger partial charge in [-0.3, -0.25) is 4.79 Å². The average molecular weight is 336 g/mol. The molecule has 1 fully saturated rings. The standard InChI is InChI=1S/C16H18ClN3O3/c1-10-6-14(11(2)22-10)15(21)20-5-3-4-13(9-20)23-16-18-7-12(17)8-19-16/h6-8,13H,3-5,9H2,1-2H3/t13-/m0/s1. The lowest BCUT2D eigenvalue weighted by Crippen LogP contribution is -2.44. The topological polar surface area (TPSA) is 68.5 Å². The third-order valence-corrected chi connectivity index (χ3v) is 4.00. The van der Waals surface area contributed by atoms with Gasteiger partial charge in [-0.15, -0.1) is 0 Å². The molecular formula is C16H18ClN3O3. The van der Waals surface area contributed by atoms with E-state index in [9.17, 15) is 4.79 Å². The van der Waals surface area contributed by atoms with E-state index in [-0.39, 0.29) is 18.0 Å². The Labute approximate surface area is 139 Å². The second-order valence-electron chi connectivity index (χ2n) is 5.64. The summed E-state index contributed by atoms with van der Waals surface area (Å²) < 4.78 is 11.2. The highest BCUT2D eigenvalue weighted by Crippen LogP contribution is 2.21. The van der Waals surface area contributed by atoms with Crippen LogP contribution >= 0.6 is 11.6 Å². The zero-order chi connectivity index (χ0) is 16.4. The number of amides is 1. The fourth-order valence-corrected chi connectivity index (χ4v) is 2.84. The molecule has 0 aliphatic carbocycles. The molecule has 1 saturated heterocycles. The fraction of sp³-hybridized carbons (Fsp3) is 0.438. The largest absolute Gasteiger partial charge is 0.466 e. The molecule has 1 aliphatic rings. The van der Waals surface area contributed by atoms with Crippen molar-refractivity contribution in [2.75, 3.05) is 13.1 Å². The molecule has 2 aromatic heterocycles. The second-order valence-corrected chi connectivity index (χ2v) is 6.08. The van der Waals surface area contributed by atoms with E-state index >= 15 is 0 Å². The first kappa shape index (κ1) is 15.8. The Hall–Kier alpha value is -2.08. The molecule has 1 atom stereocenters. The average Bonchev–Trinajstić information content (AvgIpc) is 2.88. The van der Waals surface area contributed by atoms with E-state index in [1.54, 1.807) is 17.9 Å². The van der Waals surface area contributed by atoms with Crippen LogP contribution in [0.4, 0.5) is 0 Å². The van der Waals surface area contributed by atoms with Crippen molar-refractivity contribution in [1.82, 2.24) is 14.9 Å². The highest BCUT2D eigenvalue weighted by atomic mass is 35.5. The van der Waals surface area contributed by atoms with Gasteiger partial charge in [-0.25, -0.2) is 9.97 Å². The van der Waals surface area contributed by atoms with Crippen molar-refractivity contribution >= 4 is 17.5 Å². The number of likely N-dealkylation sites (tertiary alicyclic amines) is 1. The first-order chi connectivity index (χ1) is 11.0. The first-order valence-corrected chi connectivity index (χ1v) is 7.91. The maximum atomic E-state index is 12.6. The van der Waals surface area contributed by atoms with Gasteiger partial charge in [0.2, 0.25) is 0 Å². The van der Waals surface area contributed by atoms with Crippen LogP contribution in [0.5, 0.6) is 6.01 Å². The lowest BCUT2D eigenvalue weighted by atomic mass is 10.1. The van der Waals surface area contributed by atoms with Crippen LogP contribution in [-0.2, 0) is 0 Å². The molecule has 6 nitrogen and oxygen atoms in total. The molecule has 0 saturated carbocycles. The van der Waals surface area contributed by atoms with Gasteiger partial charge in [-0.1, -0.05) is 11.6 Å². The molecule has 3 heterocycles. The number of carbonyl (C=O) groups excluding carboxylic acids is 1. The summed E-state index contributed by atoms with van der Waals surface area (Å²) in [5, 5.41) is 0.462. The SMILES string of the molecule is Cc1cc(C(=O)N2CCC[C@H](Oc3ncc(Cl)cn3)C2)c(C)o1. The predicted molar refractivity (Wildman–Crippen MR) is 84.8 cm³/mol. The third kappa shape index (κ3) is 3.64. The Morgan fingerprint density at radius 3 is 2.78 bits per heavy atom. The normalized spacial score (nSPS) is 18.0. The van der Waals surface area contributed by atoms with Crippen LogP contribution in [-0.4, -0.2) is 40.0 Å². The van der Waals surface area contributed by atoms with Gasteiger partial charge in [0.15, 0.2) is 0 Å². The van der Waals surface area contributed by atoms with Crippen molar-refractivity contribution < 1.29 is 13.9 Å². The van der Waals surface area contributed by atoms with Crippen LogP contribution in [0.15, 0.2) is 22.9 Å². The third-order valence-electron chi connectivity index (χ3n) is 3.81. The van der Waals surface area contributed by atoms with Gasteiger partial charge in [0.05, 0.1) is 29.5 Å². The van der Waals surface area contributed by atoms with Crippen LogP contribution in [0.2, 0.25) is 5.02 Å². The van der Waals surface area contributed by atoms with Gasteiger partial charge in [-0.2, -0.15) is 0 Å². The lowest BCUT2D eigenvalue weighted by molar-refractivity contribution is 0.0514. The maximum Gasteiger partial charge on any atom is 0.316 e. The minimum atomic E-state index is -0.123. The second kappa shape index (κ2) is 6.58. The molecule has 3 rings (SSSR count). The van der Waals surface area contributed by atoms with E-state index in [1.807, 2.05) is 6.92 Å². The number of ether oxygens (including phenoxy) is 1. The van der Waals surface area contributed by atoms with Crippen molar-refractivity contribution in [3.8, 4) is 6.01 Å². The van der Waals surface area contributed by atoms with Gasteiger partial charge in [0.1, 0.15) is 17.6 Å². The molecule has 0 N–H and O–H groups in total. The molecule has 23 heavy (non-hydrogen) atoms. The van der Waals surface area contributed by atoms with Gasteiger partial charge in [0, 0.05) is 6.54 Å². The molecule has 122 valence electrons. The molecule has 0 aromatic carbocycles. The Morgan fingerprint density at radius 1 is 1.39 bits per heavy atom. The number of halogens is 1. The maximum absolute atomic E-state index is 12.6. The summed E-state index contributed by atoms with van der Waals surface area (Å²) in [6, 6.07) is 2.06. The van der Waals surface area contributed by atoms with Crippen LogP contribution in [0.25, 0.3) is 0 Å². The van der Waals surface area contributed by atoms with E-state index in [1.165, 1.54) is 12.4 Å². The lowest BCUT2D eigenvalue weighted by Gasteiger charge is -2.32. The summed E-state index contributed by atoms with van der Waals surface area (Å²) >= 11 is 5.76. The van der Waals surface area contributed by atoms with Crippen LogP contribution in [0.3, 0.4) is 0 Å². The number of hydrogen-bond acceptors (Lipinski definition) is 5. The number of rotatable bonds is 3. The number of hydrogen-bond donors (Lipinski definition) is 0. The number of aryl methyl sites for hydroxylation is 2. The van der Waals surface area contributed by atoms with E-state index < -0.39 is 0 Å². The van der Waals surface area contributed by atoms with Crippen molar-refractivity contribution in [3.05, 3.63) is 40.6 Å². The summed E-state index contributed by atoms with van der Waals surface area (Å²) in [7, 11) is 0. The molecule has 0 unspecified atom stereocenters. The minimum Gasteiger partial charge on any atom is -0.466 e. The molecular weight excluding hydrogens is 318 g/mol. The van der Waals surface area contributed by atoms with Gasteiger partial charge in [0.25, 0.3) is 5.91 Å². The molecule has 0 bridgehead atoms. The number of aromatic nitrogens is 2. The highest BCUT2D eigenvalue weighted by molar-refractivity contribution is 6.30. The zero-order valence-corrected chi connectivity index (χ0v) is 13.8. The monoisotopic (exact) mass is 335 g/mol. The molecule has 7 heteroatoms. The van der Waals surface area contributed by atoms with Crippen LogP contribution < -0.4 is 4.74 Å². The predicted octanol–water partition coefficient (Wildman–Crippen LogP) is 3.02. The number of furan rings is 1. The van der Waals surface area contributed by atoms with Crippen molar-refractivity contribution in [2.45, 2.75) is 32.8 Å². The van der Waals surface area contributed by atoms with Gasteiger partial charge < -0.3 is 14.1 Å². The van der Waals surface area contributed by atoms with Crippen molar-refractivity contribution in [2.24, 2.45) is 0 Å². The molecule has 0 spiro atoms. The van der Waals surface area contributed by atoms with E-state index in [0.717, 1.165) is 18.6 Å². The number of carbonyl (C=O) groups is 1. The summed E-state index contributed by atoms with van der Waals surface area (Å²) in [4.78, 5) is 22.5. The molecule has 1 aliphatic heterocycles. The highest BCUT2D eigenvalue weighted by Gasteiger charge is 2.28. The summed E-state index contributed by atoms with van der Waals surface area (Å²) in [5.74, 6) is 1.37. The van der Waals surface area contributed by atoms with Gasteiger partial charge >= 0.3 is 6.01 Å². The molecule has 2 aromatic rings. The summed E-state index contributed by atoms with van der Waals surface area (Å²) in [6.45, 7) is 4.86. The first-order valence-electron chi connectivity index (χ1n) is 7.53. The van der Waals surface area contributed by atoms with Gasteiger partial charge in [-0.05, 0) is 32.8 Å². The Kier molecular flexibility index (Phi) is 4.52. The van der Waals surface area contributed by atoms with E-state index in [2.05, 4.69) is 9.97 Å². The van der Waals surface area contributed by atoms with E-state index in [0.29, 0.717) is 29.4 Å².